The summed E-state index contributed by atoms with van der Waals surface area (Å²) in [5, 5.41) is 37.2. The number of carbonyl (C=O) groups is 4. The van der Waals surface area contributed by atoms with E-state index in [1.165, 1.54) is 0 Å². The Balaban J connectivity index is 1.70. The van der Waals surface area contributed by atoms with Crippen LogP contribution >= 0.6 is 23.5 Å². The Morgan fingerprint density at radius 3 is 0.917 bits per heavy atom. The maximum absolute atomic E-state index is 13.8. The van der Waals surface area contributed by atoms with E-state index in [1.54, 1.807) is 65.1 Å². The van der Waals surface area contributed by atoms with E-state index in [-0.39, 0.29) is 97.0 Å². The second kappa shape index (κ2) is 28.2. The lowest BCUT2D eigenvalue weighted by Gasteiger charge is -2.28. The molecule has 5 rings (SSSR count). The number of rotatable bonds is 18. The molecular weight excluding hydrogens is 1100 g/mol. The number of aromatic hydroxyl groups is 2. The second-order valence-corrected chi connectivity index (χ2v) is 30.5. The molecule has 2 atom stereocenters. The Hall–Kier alpha value is -5.74. The molecule has 0 saturated heterocycles. The molecule has 1 aliphatic rings. The van der Waals surface area contributed by atoms with Gasteiger partial charge in [0.1, 0.15) is 59.5 Å². The molecule has 0 unspecified atom stereocenters. The molecule has 84 heavy (non-hydrogen) atoms. The zero-order chi connectivity index (χ0) is 62.9. The van der Waals surface area contributed by atoms with E-state index >= 15 is 0 Å². The van der Waals surface area contributed by atoms with Crippen LogP contribution in [-0.2, 0) is 66.4 Å². The summed E-state index contributed by atoms with van der Waals surface area (Å²) >= 11 is 3.16. The van der Waals surface area contributed by atoms with Gasteiger partial charge in [-0.05, 0) is 167 Å². The van der Waals surface area contributed by atoms with E-state index in [4.69, 9.17) is 18.9 Å². The second-order valence-electron chi connectivity index (χ2n) is 28.5. The molecule has 4 amide bonds. The predicted octanol–water partition coefficient (Wildman–Crippen LogP) is 13.2. The smallest absolute Gasteiger partial charge is 0.408 e. The molecule has 0 radical (unpaired) electrons. The highest BCUT2D eigenvalue weighted by molar-refractivity contribution is 7.98. The average Bonchev–Trinajstić information content (AvgIpc) is 3.57. The van der Waals surface area contributed by atoms with Gasteiger partial charge in [-0.25, -0.2) is 9.59 Å². The average molecular weight is 1200 g/mol. The van der Waals surface area contributed by atoms with Crippen molar-refractivity contribution < 1.29 is 48.3 Å². The van der Waals surface area contributed by atoms with Crippen molar-refractivity contribution in [2.24, 2.45) is 0 Å². The molecule has 4 aromatic carbocycles. The number of alkyl carbamates (subject to hydrolysis) is 2. The Bertz CT molecular complexity index is 2670. The van der Waals surface area contributed by atoms with E-state index < -0.39 is 35.5 Å². The fourth-order valence-corrected chi connectivity index (χ4v) is 10.8. The van der Waals surface area contributed by atoms with Gasteiger partial charge in [0.25, 0.3) is 0 Å². The van der Waals surface area contributed by atoms with E-state index in [9.17, 15) is 29.4 Å². The first-order valence-electron chi connectivity index (χ1n) is 29.6. The van der Waals surface area contributed by atoms with Crippen molar-refractivity contribution in [3.8, 4) is 23.0 Å². The molecule has 0 saturated carbocycles. The Labute approximate surface area is 511 Å². The van der Waals surface area contributed by atoms with E-state index in [2.05, 4.69) is 153 Å². The number of thioether (sulfide) groups is 2. The molecular formula is C68H100N4O10S2. The van der Waals surface area contributed by atoms with Crippen molar-refractivity contribution >= 4 is 47.5 Å². The number of fused-ring (bicyclic) bond motifs is 8. The summed E-state index contributed by atoms with van der Waals surface area (Å²) in [6, 6.07) is 15.4. The van der Waals surface area contributed by atoms with Crippen LogP contribution in [0.4, 0.5) is 9.59 Å². The van der Waals surface area contributed by atoms with Gasteiger partial charge < -0.3 is 50.4 Å². The van der Waals surface area contributed by atoms with Gasteiger partial charge in [-0.3, -0.25) is 9.59 Å². The number of amides is 4. The lowest BCUT2D eigenvalue weighted by atomic mass is 9.79. The monoisotopic (exact) mass is 1200 g/mol. The number of phenols is 2. The molecule has 8 bridgehead atoms. The summed E-state index contributed by atoms with van der Waals surface area (Å²) in [5.74, 6) is 2.08. The van der Waals surface area contributed by atoms with Gasteiger partial charge in [0, 0.05) is 25.7 Å². The topological polar surface area (TPSA) is 194 Å². The zero-order valence-corrected chi connectivity index (χ0v) is 55.9. The summed E-state index contributed by atoms with van der Waals surface area (Å²) in [6.45, 7) is 37.1. The largest absolute Gasteiger partial charge is 0.507 e. The first kappa shape index (κ1) is 69.0. The number of phenolic OH excluding ortho intramolecular Hbond substituents is 2. The molecule has 0 aliphatic heterocycles. The van der Waals surface area contributed by atoms with E-state index in [1.807, 2.05) is 12.5 Å². The quantitative estimate of drug-likeness (QED) is 0.0456. The summed E-state index contributed by atoms with van der Waals surface area (Å²) in [7, 11) is 0. The fourth-order valence-electron chi connectivity index (χ4n) is 9.83. The highest BCUT2D eigenvalue weighted by atomic mass is 32.2. The molecule has 0 heterocycles. The number of hydrogen-bond acceptors (Lipinski definition) is 12. The normalized spacial score (nSPS) is 14.0. The minimum atomic E-state index is -0.823. The summed E-state index contributed by atoms with van der Waals surface area (Å²) < 4.78 is 24.9. The van der Waals surface area contributed by atoms with Crippen LogP contribution in [0.15, 0.2) is 48.5 Å². The van der Waals surface area contributed by atoms with Crippen molar-refractivity contribution in [1.82, 2.24) is 21.3 Å². The molecule has 1 aliphatic carbocycles. The van der Waals surface area contributed by atoms with Crippen LogP contribution in [0.1, 0.15) is 204 Å². The van der Waals surface area contributed by atoms with Crippen molar-refractivity contribution in [1.29, 1.82) is 0 Å². The van der Waals surface area contributed by atoms with Crippen LogP contribution in [0.25, 0.3) is 0 Å². The third kappa shape index (κ3) is 20.2. The van der Waals surface area contributed by atoms with Crippen molar-refractivity contribution in [2.45, 2.75) is 208 Å². The molecule has 14 nitrogen and oxygen atoms in total. The molecule has 0 fully saturated rings. The molecule has 0 aromatic heterocycles. The van der Waals surface area contributed by atoms with Crippen LogP contribution in [0.3, 0.4) is 0 Å². The van der Waals surface area contributed by atoms with Crippen molar-refractivity contribution in [2.75, 3.05) is 50.3 Å². The van der Waals surface area contributed by atoms with Gasteiger partial charge in [-0.1, -0.05) is 132 Å². The van der Waals surface area contributed by atoms with Gasteiger partial charge in [-0.15, -0.1) is 0 Å². The maximum Gasteiger partial charge on any atom is 0.408 e. The molecule has 6 N–H and O–H groups in total. The van der Waals surface area contributed by atoms with Gasteiger partial charge in [-0.2, -0.15) is 23.5 Å². The van der Waals surface area contributed by atoms with Crippen LogP contribution in [-0.4, -0.2) is 108 Å². The first-order chi connectivity index (χ1) is 38.8. The SMILES string of the molecule is CSCC[C@H](NC(=O)OC(C)(C)C)C(=O)NCCOc1c2cc(C(C)(C)C)cc1Cc1cc(C(C)(C)C)cc(c1O)Cc1cc(C(C)(C)C)cc(c1OCCNC(=O)[C@H](CCSC)NC(=O)OC(C)(C)C)Cc1cc(C(C)(C)C)cc(c1O)C2. The lowest BCUT2D eigenvalue weighted by Crippen LogP contribution is -2.49. The molecule has 4 aromatic rings. The summed E-state index contributed by atoms with van der Waals surface area (Å²) in [6.07, 6.45) is 4.52. The number of nitrogens with one attached hydrogen (secondary N) is 4. The van der Waals surface area contributed by atoms with Gasteiger partial charge >= 0.3 is 12.2 Å². The van der Waals surface area contributed by atoms with E-state index in [0.29, 0.717) is 58.1 Å². The van der Waals surface area contributed by atoms with Crippen LogP contribution in [0.5, 0.6) is 23.0 Å². The lowest BCUT2D eigenvalue weighted by molar-refractivity contribution is -0.124. The van der Waals surface area contributed by atoms with Crippen LogP contribution < -0.4 is 30.7 Å². The third-order valence-corrected chi connectivity index (χ3v) is 15.8. The minimum absolute atomic E-state index is 0.0829. The summed E-state index contributed by atoms with van der Waals surface area (Å²) in [5.41, 5.74) is 7.56. The first-order valence-corrected chi connectivity index (χ1v) is 32.4. The zero-order valence-electron chi connectivity index (χ0n) is 54.2. The predicted molar refractivity (Wildman–Crippen MR) is 344 cm³/mol. The standard InChI is InChI=1S/C68H100N4O10S2/c1-63(2,3)49-33-41-29-45-37-51(65(7,8)9)39-47(57(45)79-25-23-69-59(75)53(21-27-83-19)71-61(77)81-67(13,14)15)31-43-35-50(64(4,5)6)36-44(56(43)74)32-48-40-52(66(10,11)12)38-46(30-42(34-49)55(41)73)58(48)80-26-24-70-60(76)54(22-28-84-20)72-62(78)82-68(16,17)18/h33-40,53-54,73-74H,21-32H2,1-20H3,(H,69,75)(H,70,76)(H,71,77)(H,72,78)/t53-,54-/m0/s1. The highest BCUT2D eigenvalue weighted by Crippen LogP contribution is 2.44. The highest BCUT2D eigenvalue weighted by Gasteiger charge is 2.31. The Morgan fingerprint density at radius 1 is 0.440 bits per heavy atom. The van der Waals surface area contributed by atoms with Gasteiger partial charge in [0.15, 0.2) is 0 Å². The van der Waals surface area contributed by atoms with Crippen LogP contribution in [0.2, 0.25) is 0 Å². The molecule has 0 spiro atoms. The minimum Gasteiger partial charge on any atom is -0.507 e. The number of carbonyl (C=O) groups excluding carboxylic acids is 4. The van der Waals surface area contributed by atoms with Crippen molar-refractivity contribution in [3.05, 3.63) is 115 Å². The van der Waals surface area contributed by atoms with Crippen LogP contribution in [0, 0.1) is 0 Å². The van der Waals surface area contributed by atoms with E-state index in [0.717, 1.165) is 44.5 Å². The number of hydrogen-bond donors (Lipinski definition) is 6. The number of benzene rings is 4. The van der Waals surface area contributed by atoms with Crippen molar-refractivity contribution in [3.63, 3.8) is 0 Å². The number of ether oxygens (including phenoxy) is 4. The van der Waals surface area contributed by atoms with Gasteiger partial charge in [0.2, 0.25) is 11.8 Å². The molecule has 464 valence electrons. The third-order valence-electron chi connectivity index (χ3n) is 14.5. The Kier molecular flexibility index (Phi) is 23.2. The molecule has 16 heteroatoms. The fraction of sp³-hybridized carbons (Fsp3) is 0.588. The maximum atomic E-state index is 13.8. The summed E-state index contributed by atoms with van der Waals surface area (Å²) in [4.78, 5) is 53.3. The Morgan fingerprint density at radius 2 is 0.690 bits per heavy atom. The van der Waals surface area contributed by atoms with Gasteiger partial charge in [0.05, 0.1) is 13.1 Å².